The van der Waals surface area contributed by atoms with Crippen LogP contribution in [0.15, 0.2) is 61.1 Å². The molecule has 118 valence electrons. The van der Waals surface area contributed by atoms with Crippen LogP contribution in [0.2, 0.25) is 0 Å². The number of H-pyrrole nitrogens is 1. The first kappa shape index (κ1) is 14.2. The summed E-state index contributed by atoms with van der Waals surface area (Å²) in [4.78, 5) is 23.6. The number of rotatable bonds is 4. The minimum atomic E-state index is -0.248. The summed E-state index contributed by atoms with van der Waals surface area (Å²) in [5, 5.41) is 4.58. The van der Waals surface area contributed by atoms with Gasteiger partial charge in [0.05, 0.1) is 16.6 Å². The van der Waals surface area contributed by atoms with Gasteiger partial charge in [0, 0.05) is 17.1 Å². The quantitative estimate of drug-likeness (QED) is 0.606. The number of aromatic amines is 1. The Kier molecular flexibility index (Phi) is 3.55. The van der Waals surface area contributed by atoms with Crippen molar-refractivity contribution in [3.05, 3.63) is 61.1 Å². The molecule has 2 aromatic carbocycles. The van der Waals surface area contributed by atoms with Crippen molar-refractivity contribution in [2.45, 2.75) is 0 Å². The number of nitrogens with zero attached hydrogens (tertiary/aromatic N) is 2. The third-order valence-electron chi connectivity index (χ3n) is 3.71. The molecule has 0 atom stereocenters. The van der Waals surface area contributed by atoms with E-state index >= 15 is 0 Å². The lowest BCUT2D eigenvalue weighted by Crippen LogP contribution is -2.20. The van der Waals surface area contributed by atoms with E-state index in [0.717, 1.165) is 27.5 Å². The second-order valence-electron chi connectivity index (χ2n) is 5.28. The van der Waals surface area contributed by atoms with Crippen LogP contribution in [0.1, 0.15) is 0 Å². The Morgan fingerprint density at radius 2 is 1.83 bits per heavy atom. The molecule has 6 heteroatoms. The van der Waals surface area contributed by atoms with Crippen molar-refractivity contribution < 1.29 is 9.53 Å². The maximum Gasteiger partial charge on any atom is 0.262 e. The van der Waals surface area contributed by atoms with Crippen molar-refractivity contribution in [3.8, 4) is 5.88 Å². The van der Waals surface area contributed by atoms with Gasteiger partial charge in [-0.15, -0.1) is 0 Å². The highest BCUT2D eigenvalue weighted by Crippen LogP contribution is 2.23. The number of ether oxygens (including phenoxy) is 1. The van der Waals surface area contributed by atoms with Crippen molar-refractivity contribution in [1.29, 1.82) is 0 Å². The first-order valence-corrected chi connectivity index (χ1v) is 7.50. The van der Waals surface area contributed by atoms with Crippen LogP contribution in [0.3, 0.4) is 0 Å². The Hall–Kier alpha value is -3.41. The number of fused-ring (bicyclic) bond motifs is 2. The van der Waals surface area contributed by atoms with E-state index in [1.165, 1.54) is 6.33 Å². The molecule has 0 fully saturated rings. The van der Waals surface area contributed by atoms with Crippen molar-refractivity contribution >= 4 is 33.4 Å². The molecule has 0 aliphatic rings. The number of hydrogen-bond acceptors (Lipinski definition) is 4. The number of carbonyl (C=O) groups excluding carboxylic acids is 1. The standard InChI is InChI=1S/C18H14N4O2/c23-17(22-16-9-19-14-7-3-1-5-12(14)16)10-24-18-13-6-2-4-8-15(13)20-11-21-18/h1-9,11,19H,10H2,(H,22,23). The maximum absolute atomic E-state index is 12.2. The lowest BCUT2D eigenvalue weighted by molar-refractivity contribution is -0.118. The Morgan fingerprint density at radius 3 is 2.75 bits per heavy atom. The van der Waals surface area contributed by atoms with Gasteiger partial charge in [-0.1, -0.05) is 30.3 Å². The SMILES string of the molecule is O=C(COc1ncnc2ccccc12)Nc1c[nH]c2ccccc12. The van der Waals surface area contributed by atoms with Crippen LogP contribution >= 0.6 is 0 Å². The number of para-hydroxylation sites is 2. The number of aromatic nitrogens is 3. The molecule has 0 saturated carbocycles. The minimum absolute atomic E-state index is 0.124. The van der Waals surface area contributed by atoms with Crippen LogP contribution in [0.4, 0.5) is 5.69 Å². The molecule has 0 spiro atoms. The summed E-state index contributed by atoms with van der Waals surface area (Å²) in [6, 6.07) is 15.3. The lowest BCUT2D eigenvalue weighted by Gasteiger charge is -2.08. The summed E-state index contributed by atoms with van der Waals surface area (Å²) in [6.45, 7) is -0.124. The van der Waals surface area contributed by atoms with Crippen molar-refractivity contribution in [2.24, 2.45) is 0 Å². The molecule has 1 amide bonds. The zero-order chi connectivity index (χ0) is 16.4. The van der Waals surface area contributed by atoms with Crippen LogP contribution in [-0.2, 0) is 4.79 Å². The summed E-state index contributed by atoms with van der Waals surface area (Å²) in [5.41, 5.74) is 2.47. The van der Waals surface area contributed by atoms with Crippen molar-refractivity contribution in [3.63, 3.8) is 0 Å². The van der Waals surface area contributed by atoms with E-state index in [9.17, 15) is 4.79 Å². The average Bonchev–Trinajstić information content (AvgIpc) is 3.03. The number of amides is 1. The van der Waals surface area contributed by atoms with Gasteiger partial charge in [0.2, 0.25) is 5.88 Å². The fourth-order valence-corrected chi connectivity index (χ4v) is 2.59. The summed E-state index contributed by atoms with van der Waals surface area (Å²) in [6.07, 6.45) is 3.19. The molecule has 0 aliphatic carbocycles. The van der Waals surface area contributed by atoms with E-state index in [1.54, 1.807) is 6.20 Å². The molecule has 0 unspecified atom stereocenters. The summed E-state index contributed by atoms with van der Waals surface area (Å²) < 4.78 is 5.57. The highest BCUT2D eigenvalue weighted by atomic mass is 16.5. The smallest absolute Gasteiger partial charge is 0.262 e. The van der Waals surface area contributed by atoms with Crippen LogP contribution in [0.5, 0.6) is 5.88 Å². The molecule has 0 aliphatic heterocycles. The predicted molar refractivity (Wildman–Crippen MR) is 92.0 cm³/mol. The minimum Gasteiger partial charge on any atom is -0.467 e. The molecular formula is C18H14N4O2. The average molecular weight is 318 g/mol. The van der Waals surface area contributed by atoms with Crippen LogP contribution in [0, 0.1) is 0 Å². The fourth-order valence-electron chi connectivity index (χ4n) is 2.59. The van der Waals surface area contributed by atoms with Crippen molar-refractivity contribution in [1.82, 2.24) is 15.0 Å². The van der Waals surface area contributed by atoms with E-state index in [0.29, 0.717) is 5.88 Å². The topological polar surface area (TPSA) is 79.9 Å². The van der Waals surface area contributed by atoms with Gasteiger partial charge >= 0.3 is 0 Å². The largest absolute Gasteiger partial charge is 0.467 e. The summed E-state index contributed by atoms with van der Waals surface area (Å²) in [5.74, 6) is 0.150. The van der Waals surface area contributed by atoms with Crippen LogP contribution < -0.4 is 10.1 Å². The normalized spacial score (nSPS) is 10.8. The molecule has 24 heavy (non-hydrogen) atoms. The third-order valence-corrected chi connectivity index (χ3v) is 3.71. The van der Waals surface area contributed by atoms with E-state index < -0.39 is 0 Å². The van der Waals surface area contributed by atoms with Gasteiger partial charge in [-0.25, -0.2) is 9.97 Å². The molecule has 0 radical (unpaired) electrons. The number of anilines is 1. The van der Waals surface area contributed by atoms with Gasteiger partial charge in [0.15, 0.2) is 6.61 Å². The molecule has 2 N–H and O–H groups in total. The van der Waals surface area contributed by atoms with Crippen LogP contribution in [-0.4, -0.2) is 27.5 Å². The maximum atomic E-state index is 12.2. The van der Waals surface area contributed by atoms with Crippen molar-refractivity contribution in [2.75, 3.05) is 11.9 Å². The molecule has 0 saturated heterocycles. The number of hydrogen-bond donors (Lipinski definition) is 2. The van der Waals surface area contributed by atoms with E-state index in [4.69, 9.17) is 4.74 Å². The molecule has 0 bridgehead atoms. The highest BCUT2D eigenvalue weighted by Gasteiger charge is 2.10. The Labute approximate surface area is 137 Å². The lowest BCUT2D eigenvalue weighted by atomic mass is 10.2. The molecule has 4 aromatic rings. The molecule has 6 nitrogen and oxygen atoms in total. The molecule has 2 aromatic heterocycles. The Bertz CT molecular complexity index is 1020. The number of benzene rings is 2. The zero-order valence-corrected chi connectivity index (χ0v) is 12.7. The monoisotopic (exact) mass is 318 g/mol. The Balaban J connectivity index is 1.48. The van der Waals surface area contributed by atoms with E-state index in [-0.39, 0.29) is 12.5 Å². The first-order valence-electron chi connectivity index (χ1n) is 7.50. The van der Waals surface area contributed by atoms with Gasteiger partial charge in [-0.2, -0.15) is 0 Å². The number of nitrogens with one attached hydrogen (secondary N) is 2. The van der Waals surface area contributed by atoms with Crippen LogP contribution in [0.25, 0.3) is 21.8 Å². The summed E-state index contributed by atoms with van der Waals surface area (Å²) in [7, 11) is 0. The zero-order valence-electron chi connectivity index (χ0n) is 12.7. The predicted octanol–water partition coefficient (Wildman–Crippen LogP) is 3.13. The molecule has 2 heterocycles. The van der Waals surface area contributed by atoms with Gasteiger partial charge in [0.1, 0.15) is 6.33 Å². The first-order chi connectivity index (χ1) is 11.8. The van der Waals surface area contributed by atoms with Gasteiger partial charge in [-0.3, -0.25) is 4.79 Å². The van der Waals surface area contributed by atoms with E-state index in [2.05, 4.69) is 20.3 Å². The van der Waals surface area contributed by atoms with Gasteiger partial charge in [-0.05, 0) is 18.2 Å². The summed E-state index contributed by atoms with van der Waals surface area (Å²) >= 11 is 0. The fraction of sp³-hybridized carbons (Fsp3) is 0.0556. The second kappa shape index (κ2) is 6.00. The van der Waals surface area contributed by atoms with E-state index in [1.807, 2.05) is 48.5 Å². The van der Waals surface area contributed by atoms with Gasteiger partial charge in [0.25, 0.3) is 5.91 Å². The highest BCUT2D eigenvalue weighted by molar-refractivity contribution is 6.02. The third kappa shape index (κ3) is 2.65. The molecular weight excluding hydrogens is 304 g/mol. The molecule has 4 rings (SSSR count). The Morgan fingerprint density at radius 1 is 1.04 bits per heavy atom. The van der Waals surface area contributed by atoms with Gasteiger partial charge < -0.3 is 15.0 Å². The second-order valence-corrected chi connectivity index (χ2v) is 5.28. The number of carbonyl (C=O) groups is 1.